The number of nitrogens with zero attached hydrogens (tertiary/aromatic N) is 3. The molecule has 1 aromatic heterocycles. The van der Waals surface area contributed by atoms with Gasteiger partial charge in [-0.05, 0) is 45.4 Å². The van der Waals surface area contributed by atoms with E-state index >= 15 is 0 Å². The molecule has 1 rings (SSSR count). The normalized spacial score (nSPS) is 10.8. The third-order valence-corrected chi connectivity index (χ3v) is 3.50. The van der Waals surface area contributed by atoms with E-state index in [1.54, 1.807) is 0 Å². The minimum absolute atomic E-state index is 0.319. The van der Waals surface area contributed by atoms with Crippen molar-refractivity contribution in [3.05, 3.63) is 5.56 Å². The van der Waals surface area contributed by atoms with Crippen molar-refractivity contribution in [3.8, 4) is 6.07 Å². The molecule has 0 bridgehead atoms. The number of nitrogen functional groups attached to an aromatic ring is 1. The highest BCUT2D eigenvalue weighted by atomic mass is 32.1. The average Bonchev–Trinajstić information content (AvgIpc) is 2.64. The summed E-state index contributed by atoms with van der Waals surface area (Å²) in [4.78, 5) is 2.29. The lowest BCUT2D eigenvalue weighted by atomic mass is 10.3. The van der Waals surface area contributed by atoms with Gasteiger partial charge < -0.3 is 16.0 Å². The fourth-order valence-corrected chi connectivity index (χ4v) is 2.01. The minimum Gasteiger partial charge on any atom is -0.382 e. The van der Waals surface area contributed by atoms with Gasteiger partial charge in [-0.15, -0.1) is 0 Å². The Morgan fingerprint density at radius 2 is 2.29 bits per heavy atom. The molecule has 1 heterocycles. The number of anilines is 2. The van der Waals surface area contributed by atoms with Gasteiger partial charge in [-0.3, -0.25) is 0 Å². The van der Waals surface area contributed by atoms with Crippen molar-refractivity contribution in [1.29, 1.82) is 5.26 Å². The van der Waals surface area contributed by atoms with Crippen molar-refractivity contribution in [1.82, 2.24) is 9.27 Å². The van der Waals surface area contributed by atoms with Gasteiger partial charge in [0.15, 0.2) is 5.82 Å². The van der Waals surface area contributed by atoms with Crippen molar-refractivity contribution in [2.45, 2.75) is 26.3 Å². The van der Waals surface area contributed by atoms with Crippen LogP contribution in [-0.2, 0) is 0 Å². The zero-order valence-electron chi connectivity index (χ0n) is 10.5. The SMILES string of the molecule is CC(C)N(C)CCCNc1snc(N)c1C#N. The molecule has 94 valence electrons. The Kier molecular flexibility index (Phi) is 5.19. The number of rotatable bonds is 6. The summed E-state index contributed by atoms with van der Waals surface area (Å²) in [7, 11) is 2.11. The van der Waals surface area contributed by atoms with Gasteiger partial charge in [0.25, 0.3) is 0 Å². The lowest BCUT2D eigenvalue weighted by Gasteiger charge is -2.20. The largest absolute Gasteiger partial charge is 0.382 e. The fraction of sp³-hybridized carbons (Fsp3) is 0.636. The zero-order valence-corrected chi connectivity index (χ0v) is 11.3. The van der Waals surface area contributed by atoms with Crippen molar-refractivity contribution >= 4 is 22.4 Å². The molecule has 0 aliphatic carbocycles. The standard InChI is InChI=1S/C11H19N5S/c1-8(2)16(3)6-4-5-14-11-9(7-12)10(13)15-17-11/h8,14H,4-6H2,1-3H3,(H2,13,15). The number of nitrogens with one attached hydrogen (secondary N) is 1. The highest BCUT2D eigenvalue weighted by Crippen LogP contribution is 2.25. The summed E-state index contributed by atoms with van der Waals surface area (Å²) in [5.41, 5.74) is 6.04. The first-order valence-electron chi connectivity index (χ1n) is 5.65. The maximum Gasteiger partial charge on any atom is 0.157 e. The van der Waals surface area contributed by atoms with Crippen LogP contribution in [0.1, 0.15) is 25.8 Å². The van der Waals surface area contributed by atoms with Gasteiger partial charge in [-0.2, -0.15) is 9.64 Å². The number of nitriles is 1. The Morgan fingerprint density at radius 1 is 1.59 bits per heavy atom. The molecule has 0 spiro atoms. The lowest BCUT2D eigenvalue weighted by Crippen LogP contribution is -2.28. The van der Waals surface area contributed by atoms with Gasteiger partial charge in [-0.25, -0.2) is 0 Å². The summed E-state index contributed by atoms with van der Waals surface area (Å²) in [6, 6.07) is 2.62. The van der Waals surface area contributed by atoms with Gasteiger partial charge in [0.05, 0.1) is 0 Å². The van der Waals surface area contributed by atoms with Crippen LogP contribution >= 0.6 is 11.5 Å². The second-order valence-corrected chi connectivity index (χ2v) is 5.01. The first-order chi connectivity index (χ1) is 8.06. The van der Waals surface area contributed by atoms with E-state index in [-0.39, 0.29) is 0 Å². The first-order valence-corrected chi connectivity index (χ1v) is 6.43. The van der Waals surface area contributed by atoms with E-state index in [1.807, 2.05) is 0 Å². The van der Waals surface area contributed by atoms with Crippen LogP contribution in [0.4, 0.5) is 10.8 Å². The second kappa shape index (κ2) is 6.42. The number of hydrogen-bond acceptors (Lipinski definition) is 6. The molecule has 0 fully saturated rings. The molecular weight excluding hydrogens is 234 g/mol. The Morgan fingerprint density at radius 3 is 2.88 bits per heavy atom. The summed E-state index contributed by atoms with van der Waals surface area (Å²) in [6.07, 6.45) is 1.03. The summed E-state index contributed by atoms with van der Waals surface area (Å²) in [5, 5.41) is 12.9. The Balaban J connectivity index is 2.34. The van der Waals surface area contributed by atoms with E-state index < -0.39 is 0 Å². The zero-order chi connectivity index (χ0) is 12.8. The molecular formula is C11H19N5S. The molecule has 5 nitrogen and oxygen atoms in total. The van der Waals surface area contributed by atoms with Crippen LogP contribution in [0.2, 0.25) is 0 Å². The smallest absolute Gasteiger partial charge is 0.157 e. The molecule has 6 heteroatoms. The van der Waals surface area contributed by atoms with Crippen LogP contribution in [0, 0.1) is 11.3 Å². The van der Waals surface area contributed by atoms with E-state index in [4.69, 9.17) is 11.0 Å². The van der Waals surface area contributed by atoms with Crippen LogP contribution < -0.4 is 11.1 Å². The molecule has 0 amide bonds. The minimum atomic E-state index is 0.319. The highest BCUT2D eigenvalue weighted by Gasteiger charge is 2.10. The third-order valence-electron chi connectivity index (χ3n) is 2.68. The molecule has 0 saturated heterocycles. The van der Waals surface area contributed by atoms with Gasteiger partial charge in [0, 0.05) is 12.6 Å². The molecule has 0 unspecified atom stereocenters. The van der Waals surface area contributed by atoms with Gasteiger partial charge in [-0.1, -0.05) is 0 Å². The maximum absolute atomic E-state index is 8.89. The molecule has 0 saturated carbocycles. The van der Waals surface area contributed by atoms with Crippen LogP contribution in [0.3, 0.4) is 0 Å². The van der Waals surface area contributed by atoms with Crippen molar-refractivity contribution in [2.75, 3.05) is 31.2 Å². The highest BCUT2D eigenvalue weighted by molar-refractivity contribution is 7.10. The quantitative estimate of drug-likeness (QED) is 0.755. The molecule has 1 aromatic rings. The van der Waals surface area contributed by atoms with E-state index in [2.05, 4.69) is 41.6 Å². The van der Waals surface area contributed by atoms with Crippen molar-refractivity contribution in [3.63, 3.8) is 0 Å². The van der Waals surface area contributed by atoms with E-state index in [0.29, 0.717) is 17.4 Å². The van der Waals surface area contributed by atoms with Gasteiger partial charge in [0.1, 0.15) is 16.6 Å². The van der Waals surface area contributed by atoms with E-state index in [1.165, 1.54) is 11.5 Å². The first kappa shape index (κ1) is 13.7. The van der Waals surface area contributed by atoms with E-state index in [9.17, 15) is 0 Å². The second-order valence-electron chi connectivity index (χ2n) is 4.24. The molecule has 0 aromatic carbocycles. The summed E-state index contributed by atoms with van der Waals surface area (Å²) in [6.45, 7) is 6.20. The summed E-state index contributed by atoms with van der Waals surface area (Å²) in [5.74, 6) is 0.319. The van der Waals surface area contributed by atoms with Gasteiger partial charge in [0.2, 0.25) is 0 Å². The molecule has 0 radical (unpaired) electrons. The Bertz CT molecular complexity index is 393. The molecule has 0 atom stereocenters. The maximum atomic E-state index is 8.89. The lowest BCUT2D eigenvalue weighted by molar-refractivity contribution is 0.273. The molecule has 3 N–H and O–H groups in total. The molecule has 0 aliphatic heterocycles. The predicted molar refractivity (Wildman–Crippen MR) is 72.1 cm³/mol. The topological polar surface area (TPSA) is 78.0 Å². The van der Waals surface area contributed by atoms with Crippen LogP contribution in [-0.4, -0.2) is 35.5 Å². The van der Waals surface area contributed by atoms with Crippen molar-refractivity contribution < 1.29 is 0 Å². The van der Waals surface area contributed by atoms with Crippen LogP contribution in [0.5, 0.6) is 0 Å². The molecule has 17 heavy (non-hydrogen) atoms. The molecule has 0 aliphatic rings. The van der Waals surface area contributed by atoms with E-state index in [0.717, 1.165) is 24.5 Å². The Hall–Kier alpha value is -1.32. The van der Waals surface area contributed by atoms with Crippen molar-refractivity contribution in [2.24, 2.45) is 0 Å². The predicted octanol–water partition coefficient (Wildman–Crippen LogP) is 1.74. The average molecular weight is 253 g/mol. The monoisotopic (exact) mass is 253 g/mol. The van der Waals surface area contributed by atoms with Crippen LogP contribution in [0.25, 0.3) is 0 Å². The summed E-state index contributed by atoms with van der Waals surface area (Å²) >= 11 is 1.24. The fourth-order valence-electron chi connectivity index (χ4n) is 1.32. The number of aromatic nitrogens is 1. The Labute approximate surface area is 106 Å². The summed E-state index contributed by atoms with van der Waals surface area (Å²) < 4.78 is 3.95. The third kappa shape index (κ3) is 3.88. The number of hydrogen-bond donors (Lipinski definition) is 2. The number of nitrogens with two attached hydrogens (primary N) is 1. The van der Waals surface area contributed by atoms with Gasteiger partial charge >= 0.3 is 0 Å². The van der Waals surface area contributed by atoms with Crippen LogP contribution in [0.15, 0.2) is 0 Å².